The lowest BCUT2D eigenvalue weighted by Crippen LogP contribution is -1.96. The van der Waals surface area contributed by atoms with Crippen molar-refractivity contribution in [3.63, 3.8) is 0 Å². The summed E-state index contributed by atoms with van der Waals surface area (Å²) in [6.45, 7) is 2.05. The number of hydrogen-bond acceptors (Lipinski definition) is 6. The van der Waals surface area contributed by atoms with Crippen LogP contribution in [0.5, 0.6) is 0 Å². The fourth-order valence-electron chi connectivity index (χ4n) is 2.59. The van der Waals surface area contributed by atoms with E-state index in [4.69, 9.17) is 10.7 Å². The molecule has 0 unspecified atom stereocenters. The van der Waals surface area contributed by atoms with E-state index in [0.717, 1.165) is 26.4 Å². The quantitative estimate of drug-likeness (QED) is 0.619. The Morgan fingerprint density at radius 3 is 2.83 bits per heavy atom. The van der Waals surface area contributed by atoms with Crippen LogP contribution in [0.4, 0.5) is 5.82 Å². The summed E-state index contributed by atoms with van der Waals surface area (Å²) >= 11 is 1.62. The molecule has 0 spiro atoms. The van der Waals surface area contributed by atoms with Gasteiger partial charge < -0.3 is 5.73 Å². The van der Waals surface area contributed by atoms with E-state index >= 15 is 0 Å². The molecule has 0 aliphatic carbocycles. The second-order valence-corrected chi connectivity index (χ2v) is 6.72. The van der Waals surface area contributed by atoms with Gasteiger partial charge in [0.1, 0.15) is 10.6 Å². The van der Waals surface area contributed by atoms with Gasteiger partial charge in [-0.3, -0.25) is 9.97 Å². The molecule has 6 heteroatoms. The lowest BCUT2D eigenvalue weighted by molar-refractivity contribution is 1.05. The first-order valence-electron chi connectivity index (χ1n) is 7.57. The van der Waals surface area contributed by atoms with Gasteiger partial charge in [0.2, 0.25) is 0 Å². The molecular weight excluding hydrogens is 318 g/mol. The van der Waals surface area contributed by atoms with E-state index in [1.54, 1.807) is 29.9 Å². The number of nitrogens with two attached hydrogens (primary N) is 1. The van der Waals surface area contributed by atoms with Crippen LogP contribution in [-0.4, -0.2) is 19.9 Å². The molecule has 118 valence electrons. The van der Waals surface area contributed by atoms with Crippen LogP contribution in [0.15, 0.2) is 48.9 Å². The van der Waals surface area contributed by atoms with Crippen molar-refractivity contribution in [2.45, 2.75) is 13.3 Å². The average molecular weight is 333 g/mol. The number of nitrogens with zero attached hydrogens (tertiary/aromatic N) is 4. The van der Waals surface area contributed by atoms with Crippen LogP contribution in [0.3, 0.4) is 0 Å². The number of rotatable bonds is 3. The number of aryl methyl sites for hydroxylation is 1. The summed E-state index contributed by atoms with van der Waals surface area (Å²) in [6.07, 6.45) is 5.87. The second kappa shape index (κ2) is 5.98. The maximum absolute atomic E-state index is 6.17. The molecule has 0 fully saturated rings. The summed E-state index contributed by atoms with van der Waals surface area (Å²) in [5.41, 5.74) is 9.24. The smallest absolute Gasteiger partial charge is 0.163 e. The van der Waals surface area contributed by atoms with Crippen molar-refractivity contribution in [3.8, 4) is 11.4 Å². The van der Waals surface area contributed by atoms with Gasteiger partial charge in [0, 0.05) is 35.5 Å². The summed E-state index contributed by atoms with van der Waals surface area (Å²) in [7, 11) is 0. The topological polar surface area (TPSA) is 77.6 Å². The Bertz CT molecular complexity index is 1010. The zero-order valence-electron chi connectivity index (χ0n) is 13.1. The molecule has 0 saturated carbocycles. The van der Waals surface area contributed by atoms with Gasteiger partial charge in [0.05, 0.1) is 11.1 Å². The van der Waals surface area contributed by atoms with Crippen molar-refractivity contribution in [3.05, 3.63) is 65.1 Å². The standard InChI is InChI=1S/C18H15N5S/c1-11-3-2-4-12(7-11)17-22-16(19)15-9-14(24-18(15)23-17)8-13-10-20-5-6-21-13/h2-7,9-10H,8H2,1H3,(H2,19,22,23). The Balaban J connectivity index is 1.75. The van der Waals surface area contributed by atoms with Gasteiger partial charge in [-0.05, 0) is 19.1 Å². The van der Waals surface area contributed by atoms with Gasteiger partial charge in [0.25, 0.3) is 0 Å². The first-order valence-corrected chi connectivity index (χ1v) is 8.38. The second-order valence-electron chi connectivity index (χ2n) is 5.61. The highest BCUT2D eigenvalue weighted by Crippen LogP contribution is 2.31. The van der Waals surface area contributed by atoms with Gasteiger partial charge >= 0.3 is 0 Å². The van der Waals surface area contributed by atoms with E-state index in [2.05, 4.69) is 34.0 Å². The monoisotopic (exact) mass is 333 g/mol. The fourth-order valence-corrected chi connectivity index (χ4v) is 3.64. The minimum atomic E-state index is 0.512. The molecule has 0 aliphatic heterocycles. The molecule has 0 saturated heterocycles. The van der Waals surface area contributed by atoms with Crippen molar-refractivity contribution in [2.75, 3.05) is 5.73 Å². The highest BCUT2D eigenvalue weighted by atomic mass is 32.1. The van der Waals surface area contributed by atoms with Crippen molar-refractivity contribution in [1.29, 1.82) is 0 Å². The molecule has 4 rings (SSSR count). The summed E-state index contributed by atoms with van der Waals surface area (Å²) in [5.74, 6) is 1.18. The third-order valence-corrected chi connectivity index (χ3v) is 4.75. The largest absolute Gasteiger partial charge is 0.383 e. The van der Waals surface area contributed by atoms with Crippen molar-refractivity contribution in [1.82, 2.24) is 19.9 Å². The minimum Gasteiger partial charge on any atom is -0.383 e. The van der Waals surface area contributed by atoms with Crippen LogP contribution < -0.4 is 5.73 Å². The lowest BCUT2D eigenvalue weighted by atomic mass is 10.1. The van der Waals surface area contributed by atoms with E-state index in [0.29, 0.717) is 18.1 Å². The molecule has 0 atom stereocenters. The number of nitrogen functional groups attached to an aromatic ring is 1. The lowest BCUT2D eigenvalue weighted by Gasteiger charge is -2.03. The SMILES string of the molecule is Cc1cccc(-c2nc(N)c3cc(Cc4cnccn4)sc3n2)c1. The van der Waals surface area contributed by atoms with Crippen molar-refractivity contribution in [2.24, 2.45) is 0 Å². The maximum Gasteiger partial charge on any atom is 0.163 e. The Hall–Kier alpha value is -2.86. The number of thiophene rings is 1. The van der Waals surface area contributed by atoms with E-state index in [1.165, 1.54) is 5.56 Å². The number of fused-ring (bicyclic) bond motifs is 1. The van der Waals surface area contributed by atoms with Crippen LogP contribution in [-0.2, 0) is 6.42 Å². The maximum atomic E-state index is 6.17. The van der Waals surface area contributed by atoms with Crippen LogP contribution in [0.1, 0.15) is 16.1 Å². The Labute approximate surface area is 143 Å². The molecule has 1 aromatic carbocycles. The number of aromatic nitrogens is 4. The molecular formula is C18H15N5S. The van der Waals surface area contributed by atoms with Gasteiger partial charge in [-0.1, -0.05) is 23.8 Å². The first-order chi connectivity index (χ1) is 11.7. The zero-order valence-corrected chi connectivity index (χ0v) is 13.9. The van der Waals surface area contributed by atoms with E-state index in [9.17, 15) is 0 Å². The average Bonchev–Trinajstić information content (AvgIpc) is 2.99. The van der Waals surface area contributed by atoms with Gasteiger partial charge in [-0.15, -0.1) is 11.3 Å². The number of anilines is 1. The summed E-state index contributed by atoms with van der Waals surface area (Å²) in [4.78, 5) is 19.6. The zero-order chi connectivity index (χ0) is 16.5. The Morgan fingerprint density at radius 1 is 1.12 bits per heavy atom. The highest BCUT2D eigenvalue weighted by Gasteiger charge is 2.12. The predicted octanol–water partition coefficient (Wildman–Crippen LogP) is 3.63. The number of hydrogen-bond donors (Lipinski definition) is 1. The molecule has 5 nitrogen and oxygen atoms in total. The van der Waals surface area contributed by atoms with Crippen LogP contribution in [0.25, 0.3) is 21.6 Å². The Morgan fingerprint density at radius 2 is 2.04 bits per heavy atom. The van der Waals surface area contributed by atoms with Gasteiger partial charge in [-0.2, -0.15) is 0 Å². The van der Waals surface area contributed by atoms with Crippen molar-refractivity contribution < 1.29 is 0 Å². The molecule has 24 heavy (non-hydrogen) atoms. The molecule has 3 heterocycles. The molecule has 0 aliphatic rings. The van der Waals surface area contributed by atoms with E-state index in [-0.39, 0.29) is 0 Å². The van der Waals surface area contributed by atoms with Gasteiger partial charge in [0.15, 0.2) is 5.82 Å². The fraction of sp³-hybridized carbons (Fsp3) is 0.111. The third kappa shape index (κ3) is 2.83. The highest BCUT2D eigenvalue weighted by molar-refractivity contribution is 7.18. The third-order valence-electron chi connectivity index (χ3n) is 3.72. The van der Waals surface area contributed by atoms with Crippen molar-refractivity contribution >= 4 is 27.4 Å². The molecule has 4 aromatic rings. The van der Waals surface area contributed by atoms with Crippen LogP contribution >= 0.6 is 11.3 Å². The number of benzene rings is 1. The normalized spacial score (nSPS) is 11.0. The predicted molar refractivity (Wildman–Crippen MR) is 96.8 cm³/mol. The molecule has 3 aromatic heterocycles. The summed E-state index contributed by atoms with van der Waals surface area (Å²) in [6, 6.07) is 10.2. The van der Waals surface area contributed by atoms with E-state index < -0.39 is 0 Å². The molecule has 2 N–H and O–H groups in total. The minimum absolute atomic E-state index is 0.512. The van der Waals surface area contributed by atoms with Crippen LogP contribution in [0, 0.1) is 6.92 Å². The molecule has 0 amide bonds. The molecule has 0 bridgehead atoms. The summed E-state index contributed by atoms with van der Waals surface area (Å²) < 4.78 is 0. The summed E-state index contributed by atoms with van der Waals surface area (Å²) in [5, 5.41) is 0.898. The van der Waals surface area contributed by atoms with Crippen LogP contribution in [0.2, 0.25) is 0 Å². The van der Waals surface area contributed by atoms with Gasteiger partial charge in [-0.25, -0.2) is 9.97 Å². The van der Waals surface area contributed by atoms with E-state index in [1.807, 2.05) is 18.2 Å². The first kappa shape index (κ1) is 14.7. The Kier molecular flexibility index (Phi) is 3.66. The molecule has 0 radical (unpaired) electrons.